The molecule has 4 nitrogen and oxygen atoms in total. The third-order valence-corrected chi connectivity index (χ3v) is 4.71. The highest BCUT2D eigenvalue weighted by Gasteiger charge is 2.18. The Morgan fingerprint density at radius 1 is 1.26 bits per heavy atom. The highest BCUT2D eigenvalue weighted by molar-refractivity contribution is 6.35. The van der Waals surface area contributed by atoms with Crippen LogP contribution in [0, 0.1) is 0 Å². The predicted octanol–water partition coefficient (Wildman–Crippen LogP) is 3.04. The quantitative estimate of drug-likeness (QED) is 0.841. The lowest BCUT2D eigenvalue weighted by atomic mass is 10.2. The summed E-state index contributed by atoms with van der Waals surface area (Å²) in [5.41, 5.74) is 1.95. The summed E-state index contributed by atoms with van der Waals surface area (Å²) in [7, 11) is 2.15. The number of benzene rings is 1. The molecule has 1 unspecified atom stereocenters. The van der Waals surface area contributed by atoms with Crippen molar-refractivity contribution in [2.24, 2.45) is 0 Å². The standard InChI is InChI=1S/C18H24ClN3O/c1-14(22-8-10-23-11-9-22)12-21(2)13-16-7-6-15-4-3-5-17(19)18(15)20-16/h3-7,14H,8-13H2,1-2H3. The summed E-state index contributed by atoms with van der Waals surface area (Å²) in [6.45, 7) is 7.87. The molecule has 0 amide bonds. The Bertz CT molecular complexity index is 658. The molecule has 1 fully saturated rings. The zero-order chi connectivity index (χ0) is 16.2. The first-order valence-electron chi connectivity index (χ1n) is 8.18. The summed E-state index contributed by atoms with van der Waals surface area (Å²) in [5, 5.41) is 1.80. The van der Waals surface area contributed by atoms with Crippen molar-refractivity contribution in [2.75, 3.05) is 39.9 Å². The fourth-order valence-electron chi connectivity index (χ4n) is 3.17. The van der Waals surface area contributed by atoms with Crippen LogP contribution in [-0.4, -0.2) is 60.7 Å². The predicted molar refractivity (Wildman–Crippen MR) is 94.9 cm³/mol. The van der Waals surface area contributed by atoms with Crippen LogP contribution >= 0.6 is 11.6 Å². The summed E-state index contributed by atoms with van der Waals surface area (Å²) in [5.74, 6) is 0. The number of fused-ring (bicyclic) bond motifs is 1. The molecule has 0 N–H and O–H groups in total. The maximum absolute atomic E-state index is 6.26. The maximum atomic E-state index is 6.26. The Morgan fingerprint density at radius 3 is 2.83 bits per heavy atom. The molecule has 2 heterocycles. The molecule has 0 bridgehead atoms. The smallest absolute Gasteiger partial charge is 0.0891 e. The lowest BCUT2D eigenvalue weighted by Gasteiger charge is -2.34. The summed E-state index contributed by atoms with van der Waals surface area (Å²) in [6.07, 6.45) is 0. The Balaban J connectivity index is 1.63. The number of hydrogen-bond donors (Lipinski definition) is 0. The Hall–Kier alpha value is -1.20. The van der Waals surface area contributed by atoms with E-state index in [1.165, 1.54) is 0 Å². The van der Waals surface area contributed by atoms with Crippen LogP contribution in [0.5, 0.6) is 0 Å². The first-order valence-corrected chi connectivity index (χ1v) is 8.56. The summed E-state index contributed by atoms with van der Waals surface area (Å²) in [4.78, 5) is 9.54. The number of nitrogens with zero attached hydrogens (tertiary/aromatic N) is 3. The second-order valence-electron chi connectivity index (χ2n) is 6.31. The molecule has 5 heteroatoms. The highest BCUT2D eigenvalue weighted by atomic mass is 35.5. The van der Waals surface area contributed by atoms with Gasteiger partial charge in [0.15, 0.2) is 0 Å². The molecule has 0 aliphatic carbocycles. The maximum Gasteiger partial charge on any atom is 0.0891 e. The van der Waals surface area contributed by atoms with Crippen LogP contribution < -0.4 is 0 Å². The van der Waals surface area contributed by atoms with E-state index in [-0.39, 0.29) is 0 Å². The molecule has 1 aliphatic rings. The topological polar surface area (TPSA) is 28.6 Å². The molecule has 2 aromatic rings. The Labute approximate surface area is 143 Å². The van der Waals surface area contributed by atoms with Gasteiger partial charge in [-0.3, -0.25) is 9.80 Å². The van der Waals surface area contributed by atoms with Gasteiger partial charge in [0.05, 0.1) is 29.4 Å². The van der Waals surface area contributed by atoms with Crippen molar-refractivity contribution in [3.63, 3.8) is 0 Å². The van der Waals surface area contributed by atoms with Crippen molar-refractivity contribution in [2.45, 2.75) is 19.5 Å². The molecule has 1 aromatic heterocycles. The summed E-state index contributed by atoms with van der Waals surface area (Å²) < 4.78 is 5.42. The average Bonchev–Trinajstić information content (AvgIpc) is 2.56. The van der Waals surface area contributed by atoms with E-state index in [1.54, 1.807) is 0 Å². The van der Waals surface area contributed by atoms with Crippen LogP contribution in [0.1, 0.15) is 12.6 Å². The van der Waals surface area contributed by atoms with E-state index < -0.39 is 0 Å². The molecule has 1 aromatic carbocycles. The first-order chi connectivity index (χ1) is 11.1. The van der Waals surface area contributed by atoms with Crippen molar-refractivity contribution in [1.82, 2.24) is 14.8 Å². The van der Waals surface area contributed by atoms with Gasteiger partial charge < -0.3 is 4.74 Å². The molecular formula is C18H24ClN3O. The Morgan fingerprint density at radius 2 is 2.04 bits per heavy atom. The average molecular weight is 334 g/mol. The minimum atomic E-state index is 0.521. The molecule has 3 rings (SSSR count). The number of pyridine rings is 1. The third-order valence-electron chi connectivity index (χ3n) is 4.41. The van der Waals surface area contributed by atoms with Gasteiger partial charge in [0.1, 0.15) is 0 Å². The molecule has 23 heavy (non-hydrogen) atoms. The van der Waals surface area contributed by atoms with Crippen molar-refractivity contribution in [3.05, 3.63) is 41.0 Å². The van der Waals surface area contributed by atoms with Crippen molar-refractivity contribution in [1.29, 1.82) is 0 Å². The van der Waals surface area contributed by atoms with Crippen molar-refractivity contribution in [3.8, 4) is 0 Å². The minimum Gasteiger partial charge on any atom is -0.379 e. The van der Waals surface area contributed by atoms with E-state index >= 15 is 0 Å². The molecule has 1 atom stereocenters. The largest absolute Gasteiger partial charge is 0.379 e. The fraction of sp³-hybridized carbons (Fsp3) is 0.500. The number of likely N-dealkylation sites (N-methyl/N-ethyl adjacent to an activating group) is 1. The SMILES string of the molecule is CC(CN(C)Cc1ccc2cccc(Cl)c2n1)N1CCOCC1. The van der Waals surface area contributed by atoms with Gasteiger partial charge >= 0.3 is 0 Å². The summed E-state index contributed by atoms with van der Waals surface area (Å²) >= 11 is 6.26. The van der Waals surface area contributed by atoms with Crippen LogP contribution in [0.4, 0.5) is 0 Å². The van der Waals surface area contributed by atoms with Crippen LogP contribution in [0.3, 0.4) is 0 Å². The third kappa shape index (κ3) is 4.21. The zero-order valence-electron chi connectivity index (χ0n) is 13.8. The number of rotatable bonds is 5. The van der Waals surface area contributed by atoms with Gasteiger partial charge in [-0.1, -0.05) is 29.8 Å². The number of halogens is 1. The van der Waals surface area contributed by atoms with Crippen molar-refractivity contribution < 1.29 is 4.74 Å². The number of morpholine rings is 1. The number of para-hydroxylation sites is 1. The molecular weight excluding hydrogens is 310 g/mol. The van der Waals surface area contributed by atoms with E-state index in [9.17, 15) is 0 Å². The Kier molecular flexibility index (Phi) is 5.49. The van der Waals surface area contributed by atoms with Gasteiger partial charge in [-0.2, -0.15) is 0 Å². The van der Waals surface area contributed by atoms with Crippen molar-refractivity contribution >= 4 is 22.5 Å². The monoisotopic (exact) mass is 333 g/mol. The second kappa shape index (κ2) is 7.58. The number of aromatic nitrogens is 1. The molecule has 124 valence electrons. The molecule has 0 spiro atoms. The van der Waals surface area contributed by atoms with Gasteiger partial charge in [0.2, 0.25) is 0 Å². The molecule has 0 radical (unpaired) electrons. The van der Waals surface area contributed by atoms with E-state index in [4.69, 9.17) is 21.3 Å². The van der Waals surface area contributed by atoms with E-state index in [2.05, 4.69) is 35.9 Å². The van der Waals surface area contributed by atoms with Gasteiger partial charge in [-0.05, 0) is 26.1 Å². The molecule has 0 saturated carbocycles. The molecule has 1 saturated heterocycles. The first kappa shape index (κ1) is 16.7. The van der Waals surface area contributed by atoms with E-state index in [1.807, 2.05) is 18.2 Å². The lowest BCUT2D eigenvalue weighted by Crippen LogP contribution is -2.46. The van der Waals surface area contributed by atoms with Crippen LogP contribution in [0.25, 0.3) is 10.9 Å². The number of ether oxygens (including phenoxy) is 1. The van der Waals surface area contributed by atoms with Crippen LogP contribution in [-0.2, 0) is 11.3 Å². The van der Waals surface area contributed by atoms with Gasteiger partial charge in [-0.25, -0.2) is 4.98 Å². The fourth-order valence-corrected chi connectivity index (χ4v) is 3.39. The lowest BCUT2D eigenvalue weighted by molar-refractivity contribution is 0.0136. The van der Waals surface area contributed by atoms with E-state index in [0.29, 0.717) is 11.1 Å². The summed E-state index contributed by atoms with van der Waals surface area (Å²) in [6, 6.07) is 10.6. The van der Waals surface area contributed by atoms with E-state index in [0.717, 1.165) is 56.0 Å². The number of hydrogen-bond acceptors (Lipinski definition) is 4. The minimum absolute atomic E-state index is 0.521. The second-order valence-corrected chi connectivity index (χ2v) is 6.72. The van der Waals surface area contributed by atoms with Crippen LogP contribution in [0.2, 0.25) is 5.02 Å². The normalized spacial score (nSPS) is 17.7. The highest BCUT2D eigenvalue weighted by Crippen LogP contribution is 2.21. The van der Waals surface area contributed by atoms with Gasteiger partial charge in [0.25, 0.3) is 0 Å². The van der Waals surface area contributed by atoms with Gasteiger partial charge in [0, 0.05) is 37.6 Å². The van der Waals surface area contributed by atoms with Crippen LogP contribution in [0.15, 0.2) is 30.3 Å². The zero-order valence-corrected chi connectivity index (χ0v) is 14.6. The van der Waals surface area contributed by atoms with Gasteiger partial charge in [-0.15, -0.1) is 0 Å². The molecule has 1 aliphatic heterocycles.